The quantitative estimate of drug-likeness (QED) is 0.739. The van der Waals surface area contributed by atoms with Crippen molar-refractivity contribution in [2.24, 2.45) is 0 Å². The van der Waals surface area contributed by atoms with Crippen molar-refractivity contribution in [3.05, 3.63) is 54.9 Å². The van der Waals surface area contributed by atoms with Gasteiger partial charge in [0, 0.05) is 11.8 Å². The van der Waals surface area contributed by atoms with Crippen molar-refractivity contribution in [1.82, 2.24) is 20.0 Å². The normalized spacial score (nSPS) is 10.4. The molecular weight excluding hydrogens is 226 g/mol. The van der Waals surface area contributed by atoms with E-state index >= 15 is 0 Å². The second kappa shape index (κ2) is 4.29. The Kier molecular flexibility index (Phi) is 2.49. The number of hydrogen-bond donors (Lipinski definition) is 1. The van der Waals surface area contributed by atoms with Crippen LogP contribution in [0.1, 0.15) is 0 Å². The number of pyridine rings is 1. The minimum Gasteiger partial charge on any atom is -0.382 e. The number of benzene rings is 1. The lowest BCUT2D eigenvalue weighted by Gasteiger charge is -2.02. The fourth-order valence-electron chi connectivity index (χ4n) is 1.76. The fourth-order valence-corrected chi connectivity index (χ4v) is 1.76. The van der Waals surface area contributed by atoms with E-state index in [4.69, 9.17) is 5.73 Å². The van der Waals surface area contributed by atoms with Crippen molar-refractivity contribution in [3.63, 3.8) is 0 Å². The summed E-state index contributed by atoms with van der Waals surface area (Å²) in [4.78, 5) is 4.04. The molecule has 0 atom stereocenters. The van der Waals surface area contributed by atoms with E-state index in [0.717, 1.165) is 11.3 Å². The molecule has 0 fully saturated rings. The molecule has 88 valence electrons. The van der Waals surface area contributed by atoms with Gasteiger partial charge in [-0.25, -0.2) is 0 Å². The van der Waals surface area contributed by atoms with Crippen molar-refractivity contribution in [2.75, 3.05) is 5.73 Å². The first kappa shape index (κ1) is 10.5. The van der Waals surface area contributed by atoms with Crippen LogP contribution >= 0.6 is 0 Å². The molecule has 1 aromatic carbocycles. The lowest BCUT2D eigenvalue weighted by Crippen LogP contribution is -2.02. The standard InChI is InChI=1S/C13H11N5/c14-13-12(10-5-2-1-3-6-10)16-17-18(13)11-7-4-8-15-9-11/h1-9H,14H2. The highest BCUT2D eigenvalue weighted by atomic mass is 15.5. The predicted molar refractivity (Wildman–Crippen MR) is 69.0 cm³/mol. The summed E-state index contributed by atoms with van der Waals surface area (Å²) in [6, 6.07) is 13.5. The molecule has 18 heavy (non-hydrogen) atoms. The molecule has 0 radical (unpaired) electrons. The van der Waals surface area contributed by atoms with E-state index in [1.807, 2.05) is 42.5 Å². The molecule has 0 aliphatic carbocycles. The lowest BCUT2D eigenvalue weighted by molar-refractivity contribution is 0.807. The van der Waals surface area contributed by atoms with Gasteiger partial charge in [-0.15, -0.1) is 5.10 Å². The number of nitrogens with zero attached hydrogens (tertiary/aromatic N) is 4. The first-order valence-electron chi connectivity index (χ1n) is 5.53. The summed E-state index contributed by atoms with van der Waals surface area (Å²) in [6.45, 7) is 0. The third kappa shape index (κ3) is 1.71. The van der Waals surface area contributed by atoms with Crippen molar-refractivity contribution in [2.45, 2.75) is 0 Å². The Bertz CT molecular complexity index is 589. The molecule has 3 aromatic rings. The minimum absolute atomic E-state index is 0.509. The van der Waals surface area contributed by atoms with E-state index in [1.54, 1.807) is 17.1 Å². The Balaban J connectivity index is 2.09. The van der Waals surface area contributed by atoms with Gasteiger partial charge >= 0.3 is 0 Å². The van der Waals surface area contributed by atoms with Gasteiger partial charge in [0.25, 0.3) is 0 Å². The Morgan fingerprint density at radius 3 is 2.56 bits per heavy atom. The third-order valence-corrected chi connectivity index (χ3v) is 2.64. The van der Waals surface area contributed by atoms with E-state index in [2.05, 4.69) is 15.3 Å². The second-order valence-corrected chi connectivity index (χ2v) is 3.81. The summed E-state index contributed by atoms with van der Waals surface area (Å²) < 4.78 is 1.58. The molecule has 0 saturated carbocycles. The van der Waals surface area contributed by atoms with Crippen LogP contribution in [0.2, 0.25) is 0 Å². The van der Waals surface area contributed by atoms with E-state index < -0.39 is 0 Å². The first-order chi connectivity index (χ1) is 8.86. The summed E-state index contributed by atoms with van der Waals surface area (Å²) >= 11 is 0. The van der Waals surface area contributed by atoms with Crippen LogP contribution in [0, 0.1) is 0 Å². The van der Waals surface area contributed by atoms with Crippen molar-refractivity contribution < 1.29 is 0 Å². The number of nitrogen functional groups attached to an aromatic ring is 1. The van der Waals surface area contributed by atoms with E-state index in [9.17, 15) is 0 Å². The topological polar surface area (TPSA) is 69.6 Å². The van der Waals surface area contributed by atoms with Gasteiger partial charge in [0.1, 0.15) is 5.69 Å². The van der Waals surface area contributed by atoms with E-state index in [0.29, 0.717) is 11.5 Å². The maximum Gasteiger partial charge on any atom is 0.155 e. The van der Waals surface area contributed by atoms with Crippen molar-refractivity contribution in [3.8, 4) is 16.9 Å². The van der Waals surface area contributed by atoms with E-state index in [1.165, 1.54) is 0 Å². The summed E-state index contributed by atoms with van der Waals surface area (Å²) in [5.41, 5.74) is 8.50. The molecule has 0 bridgehead atoms. The number of hydrogen-bond acceptors (Lipinski definition) is 4. The zero-order valence-electron chi connectivity index (χ0n) is 9.56. The molecule has 2 N–H and O–H groups in total. The minimum atomic E-state index is 0.509. The average Bonchev–Trinajstić information content (AvgIpc) is 2.83. The number of anilines is 1. The maximum atomic E-state index is 6.08. The fraction of sp³-hybridized carbons (Fsp3) is 0. The Morgan fingerprint density at radius 1 is 1.00 bits per heavy atom. The van der Waals surface area contributed by atoms with Crippen LogP contribution in [0.3, 0.4) is 0 Å². The van der Waals surface area contributed by atoms with Crippen LogP contribution in [0.25, 0.3) is 16.9 Å². The Labute approximate surface area is 104 Å². The monoisotopic (exact) mass is 237 g/mol. The van der Waals surface area contributed by atoms with Gasteiger partial charge in [-0.1, -0.05) is 35.5 Å². The van der Waals surface area contributed by atoms with Gasteiger partial charge in [-0.3, -0.25) is 4.98 Å². The smallest absolute Gasteiger partial charge is 0.155 e. The van der Waals surface area contributed by atoms with Crippen LogP contribution in [-0.2, 0) is 0 Å². The van der Waals surface area contributed by atoms with Gasteiger partial charge < -0.3 is 5.73 Å². The molecule has 0 spiro atoms. The first-order valence-corrected chi connectivity index (χ1v) is 5.53. The molecular formula is C13H11N5. The molecule has 2 aromatic heterocycles. The Hall–Kier alpha value is -2.69. The SMILES string of the molecule is Nc1c(-c2ccccc2)nnn1-c1cccnc1. The molecule has 5 heteroatoms. The molecule has 5 nitrogen and oxygen atoms in total. The summed E-state index contributed by atoms with van der Waals surface area (Å²) in [7, 11) is 0. The van der Waals surface area contributed by atoms with E-state index in [-0.39, 0.29) is 0 Å². The summed E-state index contributed by atoms with van der Waals surface area (Å²) in [6.07, 6.45) is 3.40. The molecule has 0 amide bonds. The second-order valence-electron chi connectivity index (χ2n) is 3.81. The molecule has 0 aliphatic heterocycles. The van der Waals surface area contributed by atoms with Gasteiger partial charge in [-0.2, -0.15) is 4.68 Å². The highest BCUT2D eigenvalue weighted by Gasteiger charge is 2.12. The maximum absolute atomic E-state index is 6.08. The van der Waals surface area contributed by atoms with Gasteiger partial charge in [0.05, 0.1) is 11.9 Å². The number of aromatic nitrogens is 4. The third-order valence-electron chi connectivity index (χ3n) is 2.64. The van der Waals surface area contributed by atoms with Crippen molar-refractivity contribution in [1.29, 1.82) is 0 Å². The van der Waals surface area contributed by atoms with Crippen LogP contribution < -0.4 is 5.73 Å². The van der Waals surface area contributed by atoms with Crippen LogP contribution in [0.4, 0.5) is 5.82 Å². The van der Waals surface area contributed by atoms with Crippen LogP contribution in [-0.4, -0.2) is 20.0 Å². The zero-order chi connectivity index (χ0) is 12.4. The van der Waals surface area contributed by atoms with Gasteiger partial charge in [-0.05, 0) is 12.1 Å². The lowest BCUT2D eigenvalue weighted by atomic mass is 10.1. The van der Waals surface area contributed by atoms with Gasteiger partial charge in [0.2, 0.25) is 0 Å². The van der Waals surface area contributed by atoms with Crippen molar-refractivity contribution >= 4 is 5.82 Å². The highest BCUT2D eigenvalue weighted by molar-refractivity contribution is 5.70. The zero-order valence-corrected chi connectivity index (χ0v) is 9.56. The average molecular weight is 237 g/mol. The largest absolute Gasteiger partial charge is 0.382 e. The molecule has 0 aliphatic rings. The Morgan fingerprint density at radius 2 is 1.83 bits per heavy atom. The molecule has 3 rings (SSSR count). The van der Waals surface area contributed by atoms with Crippen LogP contribution in [0.5, 0.6) is 0 Å². The summed E-state index contributed by atoms with van der Waals surface area (Å²) in [5, 5.41) is 8.19. The number of rotatable bonds is 2. The molecule has 2 heterocycles. The van der Waals surface area contributed by atoms with Gasteiger partial charge in [0.15, 0.2) is 5.82 Å². The number of nitrogens with two attached hydrogens (primary N) is 1. The molecule has 0 saturated heterocycles. The summed E-state index contributed by atoms with van der Waals surface area (Å²) in [5.74, 6) is 0.509. The van der Waals surface area contributed by atoms with Crippen LogP contribution in [0.15, 0.2) is 54.9 Å². The predicted octanol–water partition coefficient (Wildman–Crippen LogP) is 1.91. The highest BCUT2D eigenvalue weighted by Crippen LogP contribution is 2.24. The molecule has 0 unspecified atom stereocenters.